The van der Waals surface area contributed by atoms with Crippen molar-refractivity contribution in [2.45, 2.75) is 39.2 Å². The predicted octanol–water partition coefficient (Wildman–Crippen LogP) is 2.47. The number of hydrogen-bond acceptors (Lipinski definition) is 3. The van der Waals surface area contributed by atoms with Crippen LogP contribution in [0.4, 0.5) is 4.79 Å². The van der Waals surface area contributed by atoms with Crippen molar-refractivity contribution in [2.24, 2.45) is 0 Å². The number of rotatable bonds is 0. The maximum absolute atomic E-state index is 11.8. The first kappa shape index (κ1) is 12.6. The molecular weight excluding hydrogens is 204 g/mol. The Bertz CT molecular complexity index is 334. The third-order valence-electron chi connectivity index (χ3n) is 2.24. The van der Waals surface area contributed by atoms with Crippen LogP contribution in [-0.4, -0.2) is 29.7 Å². The number of carbonyl (C=O) groups excluding carboxylic acids is 1. The number of nitriles is 1. The van der Waals surface area contributed by atoms with Crippen molar-refractivity contribution in [1.29, 1.82) is 5.26 Å². The number of likely N-dealkylation sites (tertiary alicyclic amines) is 1. The van der Waals surface area contributed by atoms with Gasteiger partial charge in [-0.05, 0) is 39.2 Å². The summed E-state index contributed by atoms with van der Waals surface area (Å²) in [5, 5.41) is 8.57. The summed E-state index contributed by atoms with van der Waals surface area (Å²) >= 11 is 0. The minimum Gasteiger partial charge on any atom is -0.444 e. The fourth-order valence-electron chi connectivity index (χ4n) is 1.59. The quantitative estimate of drug-likeness (QED) is 0.591. The molecule has 0 radical (unpaired) electrons. The molecule has 1 saturated heterocycles. The van der Waals surface area contributed by atoms with Gasteiger partial charge in [0.2, 0.25) is 0 Å². The minimum absolute atomic E-state index is 0.295. The zero-order valence-electron chi connectivity index (χ0n) is 10.1. The Kier molecular flexibility index (Phi) is 3.94. The lowest BCUT2D eigenvalue weighted by Gasteiger charge is -2.30. The molecule has 0 unspecified atom stereocenters. The molecule has 0 spiro atoms. The van der Waals surface area contributed by atoms with E-state index >= 15 is 0 Å². The monoisotopic (exact) mass is 222 g/mol. The summed E-state index contributed by atoms with van der Waals surface area (Å²) in [7, 11) is 0. The number of amides is 1. The second-order valence-electron chi connectivity index (χ2n) is 4.94. The van der Waals surface area contributed by atoms with E-state index in [-0.39, 0.29) is 6.09 Å². The van der Waals surface area contributed by atoms with Crippen molar-refractivity contribution in [3.63, 3.8) is 0 Å². The number of hydrogen-bond donors (Lipinski definition) is 0. The molecule has 1 aliphatic heterocycles. The second-order valence-corrected chi connectivity index (χ2v) is 4.94. The molecule has 0 atom stereocenters. The van der Waals surface area contributed by atoms with E-state index in [9.17, 15) is 4.79 Å². The zero-order valence-corrected chi connectivity index (χ0v) is 10.1. The highest BCUT2D eigenvalue weighted by molar-refractivity contribution is 5.68. The van der Waals surface area contributed by atoms with Gasteiger partial charge in [-0.2, -0.15) is 5.26 Å². The van der Waals surface area contributed by atoms with Crippen LogP contribution in [0.1, 0.15) is 33.6 Å². The number of carbonyl (C=O) groups is 1. The highest BCUT2D eigenvalue weighted by atomic mass is 16.6. The van der Waals surface area contributed by atoms with Crippen LogP contribution in [-0.2, 0) is 4.74 Å². The van der Waals surface area contributed by atoms with Gasteiger partial charge in [0.05, 0.1) is 6.07 Å². The topological polar surface area (TPSA) is 53.3 Å². The van der Waals surface area contributed by atoms with E-state index in [1.54, 1.807) is 4.90 Å². The first-order chi connectivity index (χ1) is 7.42. The van der Waals surface area contributed by atoms with E-state index < -0.39 is 5.60 Å². The third kappa shape index (κ3) is 3.93. The van der Waals surface area contributed by atoms with Gasteiger partial charge in [-0.3, -0.25) is 0 Å². The number of allylic oxidation sites excluding steroid dienone is 1. The average molecular weight is 222 g/mol. The maximum Gasteiger partial charge on any atom is 0.410 e. The smallest absolute Gasteiger partial charge is 0.410 e. The summed E-state index contributed by atoms with van der Waals surface area (Å²) in [6, 6.07) is 2.00. The van der Waals surface area contributed by atoms with Crippen molar-refractivity contribution in [3.8, 4) is 6.07 Å². The molecule has 0 bridgehead atoms. The van der Waals surface area contributed by atoms with Crippen LogP contribution >= 0.6 is 0 Å². The van der Waals surface area contributed by atoms with Crippen LogP contribution in [0, 0.1) is 11.3 Å². The van der Waals surface area contributed by atoms with Crippen molar-refractivity contribution in [3.05, 3.63) is 11.6 Å². The highest BCUT2D eigenvalue weighted by Crippen LogP contribution is 2.18. The zero-order chi connectivity index (χ0) is 12.2. The van der Waals surface area contributed by atoms with Crippen LogP contribution in [0.2, 0.25) is 0 Å². The Morgan fingerprint density at radius 1 is 1.56 bits per heavy atom. The predicted molar refractivity (Wildman–Crippen MR) is 60.7 cm³/mol. The van der Waals surface area contributed by atoms with Gasteiger partial charge in [-0.25, -0.2) is 4.79 Å². The van der Waals surface area contributed by atoms with Crippen molar-refractivity contribution < 1.29 is 9.53 Å². The molecule has 1 fully saturated rings. The number of ether oxygens (including phenoxy) is 1. The molecule has 0 aliphatic carbocycles. The molecule has 1 heterocycles. The summed E-state index contributed by atoms with van der Waals surface area (Å²) in [4.78, 5) is 13.4. The van der Waals surface area contributed by atoms with Crippen molar-refractivity contribution in [2.75, 3.05) is 13.1 Å². The normalized spacial score (nSPS) is 19.4. The Balaban J connectivity index is 2.58. The molecule has 1 aliphatic rings. The standard InChI is InChI=1S/C12H18N2O2/c1-12(2,3)16-11(15)14-8-4-5-10(9-14)6-7-13/h6H,4-5,8-9H2,1-3H3/b10-6-. The number of nitrogens with zero attached hydrogens (tertiary/aromatic N) is 2. The van der Waals surface area contributed by atoms with Gasteiger partial charge in [-0.1, -0.05) is 0 Å². The molecule has 0 N–H and O–H groups in total. The molecule has 4 heteroatoms. The highest BCUT2D eigenvalue weighted by Gasteiger charge is 2.24. The van der Waals surface area contributed by atoms with Crippen molar-refractivity contribution in [1.82, 2.24) is 4.90 Å². The largest absolute Gasteiger partial charge is 0.444 e. The summed E-state index contributed by atoms with van der Waals surface area (Å²) in [6.07, 6.45) is 3.02. The lowest BCUT2D eigenvalue weighted by molar-refractivity contribution is 0.0247. The lowest BCUT2D eigenvalue weighted by Crippen LogP contribution is -2.40. The van der Waals surface area contributed by atoms with E-state index in [1.807, 2.05) is 26.8 Å². The average Bonchev–Trinajstić information content (AvgIpc) is 2.16. The minimum atomic E-state index is -0.465. The molecular formula is C12H18N2O2. The van der Waals surface area contributed by atoms with Gasteiger partial charge >= 0.3 is 6.09 Å². The Morgan fingerprint density at radius 3 is 2.81 bits per heavy atom. The fourth-order valence-corrected chi connectivity index (χ4v) is 1.59. The molecule has 0 aromatic rings. The Hall–Kier alpha value is -1.50. The van der Waals surface area contributed by atoms with Crippen LogP contribution in [0.5, 0.6) is 0 Å². The molecule has 0 saturated carbocycles. The summed E-state index contributed by atoms with van der Waals surface area (Å²) in [5.41, 5.74) is 0.535. The Labute approximate surface area is 96.5 Å². The van der Waals surface area contributed by atoms with E-state index in [0.717, 1.165) is 18.4 Å². The summed E-state index contributed by atoms with van der Waals surface area (Å²) in [5.74, 6) is 0. The van der Waals surface area contributed by atoms with Gasteiger partial charge in [0, 0.05) is 19.2 Å². The van der Waals surface area contributed by atoms with E-state index in [4.69, 9.17) is 10.00 Å². The number of piperidine rings is 1. The molecule has 88 valence electrons. The van der Waals surface area contributed by atoms with Crippen LogP contribution in [0.15, 0.2) is 11.6 Å². The van der Waals surface area contributed by atoms with Crippen LogP contribution in [0.3, 0.4) is 0 Å². The van der Waals surface area contributed by atoms with Crippen LogP contribution < -0.4 is 0 Å². The third-order valence-corrected chi connectivity index (χ3v) is 2.24. The van der Waals surface area contributed by atoms with Gasteiger partial charge in [0.15, 0.2) is 0 Å². The maximum atomic E-state index is 11.8. The van der Waals surface area contributed by atoms with Gasteiger partial charge in [0.1, 0.15) is 5.60 Å². The van der Waals surface area contributed by atoms with E-state index in [2.05, 4.69) is 0 Å². The molecule has 0 aromatic carbocycles. The van der Waals surface area contributed by atoms with Gasteiger partial charge in [-0.15, -0.1) is 0 Å². The van der Waals surface area contributed by atoms with Gasteiger partial charge in [0.25, 0.3) is 0 Å². The first-order valence-electron chi connectivity index (χ1n) is 5.48. The lowest BCUT2D eigenvalue weighted by atomic mass is 10.1. The molecule has 1 amide bonds. The van der Waals surface area contributed by atoms with Crippen molar-refractivity contribution >= 4 is 6.09 Å². The fraction of sp³-hybridized carbons (Fsp3) is 0.667. The SMILES string of the molecule is CC(C)(C)OC(=O)N1CCC/C(=C/C#N)C1. The van der Waals surface area contributed by atoms with E-state index in [0.29, 0.717) is 13.1 Å². The summed E-state index contributed by atoms with van der Waals surface area (Å²) in [6.45, 7) is 6.77. The Morgan fingerprint density at radius 2 is 2.25 bits per heavy atom. The van der Waals surface area contributed by atoms with E-state index in [1.165, 1.54) is 6.08 Å². The second kappa shape index (κ2) is 5.02. The molecule has 1 rings (SSSR count). The summed E-state index contributed by atoms with van der Waals surface area (Å²) < 4.78 is 5.28. The first-order valence-corrected chi connectivity index (χ1v) is 5.48. The van der Waals surface area contributed by atoms with Gasteiger partial charge < -0.3 is 9.64 Å². The molecule has 4 nitrogen and oxygen atoms in total. The molecule has 0 aromatic heterocycles. The molecule has 16 heavy (non-hydrogen) atoms. The van der Waals surface area contributed by atoms with Crippen LogP contribution in [0.25, 0.3) is 0 Å².